The van der Waals surface area contributed by atoms with Gasteiger partial charge in [0.05, 0.1) is 16.2 Å². The second-order valence-electron chi connectivity index (χ2n) is 6.98. The molecular formula is C22H25N3O2S. The molecule has 6 heteroatoms. The zero-order valence-corrected chi connectivity index (χ0v) is 17.4. The second-order valence-corrected chi connectivity index (χ2v) is 8.29. The molecule has 3 rings (SSSR count). The van der Waals surface area contributed by atoms with Crippen LogP contribution < -0.4 is 10.9 Å². The highest BCUT2D eigenvalue weighted by atomic mass is 32.2. The SMILES string of the molecule is CCc1ccc(NC(=O)[C@@H](C)Sc2nc3ccccc3c(=O)n2C(C)C)cc1. The molecule has 0 saturated carbocycles. The van der Waals surface area contributed by atoms with Gasteiger partial charge in [0.2, 0.25) is 5.91 Å². The van der Waals surface area contributed by atoms with Gasteiger partial charge in [-0.05, 0) is 57.0 Å². The van der Waals surface area contributed by atoms with Crippen LogP contribution in [0.3, 0.4) is 0 Å². The summed E-state index contributed by atoms with van der Waals surface area (Å²) in [6.07, 6.45) is 0.959. The molecule has 0 unspecified atom stereocenters. The van der Waals surface area contributed by atoms with E-state index in [1.54, 1.807) is 10.6 Å². The molecule has 1 atom stereocenters. The summed E-state index contributed by atoms with van der Waals surface area (Å²) in [4.78, 5) is 30.2. The highest BCUT2D eigenvalue weighted by Crippen LogP contribution is 2.25. The third-order valence-electron chi connectivity index (χ3n) is 4.57. The predicted molar refractivity (Wildman–Crippen MR) is 116 cm³/mol. The molecule has 28 heavy (non-hydrogen) atoms. The van der Waals surface area contributed by atoms with Crippen LogP contribution in [0.4, 0.5) is 5.69 Å². The van der Waals surface area contributed by atoms with Crippen LogP contribution >= 0.6 is 11.8 Å². The number of aromatic nitrogens is 2. The van der Waals surface area contributed by atoms with Gasteiger partial charge in [-0.15, -0.1) is 0 Å². The van der Waals surface area contributed by atoms with Gasteiger partial charge in [-0.2, -0.15) is 0 Å². The van der Waals surface area contributed by atoms with Crippen molar-refractivity contribution in [3.8, 4) is 0 Å². The number of carbonyl (C=O) groups is 1. The topological polar surface area (TPSA) is 64.0 Å². The first kappa shape index (κ1) is 20.1. The molecule has 146 valence electrons. The van der Waals surface area contributed by atoms with Crippen molar-refractivity contribution in [2.75, 3.05) is 5.32 Å². The Hall–Kier alpha value is -2.60. The van der Waals surface area contributed by atoms with E-state index in [1.165, 1.54) is 17.3 Å². The first-order chi connectivity index (χ1) is 13.4. The smallest absolute Gasteiger partial charge is 0.262 e. The highest BCUT2D eigenvalue weighted by Gasteiger charge is 2.20. The summed E-state index contributed by atoms with van der Waals surface area (Å²) in [7, 11) is 0. The molecular weight excluding hydrogens is 370 g/mol. The predicted octanol–water partition coefficient (Wildman–Crippen LogP) is 4.66. The Kier molecular flexibility index (Phi) is 6.19. The van der Waals surface area contributed by atoms with Gasteiger partial charge in [0.15, 0.2) is 5.16 Å². The molecule has 0 spiro atoms. The number of thioether (sulfide) groups is 1. The molecule has 3 aromatic rings. The Labute approximate surface area is 169 Å². The fourth-order valence-corrected chi connectivity index (χ4v) is 3.98. The molecule has 1 N–H and O–H groups in total. The van der Waals surface area contributed by atoms with E-state index in [0.717, 1.165) is 12.1 Å². The molecule has 5 nitrogen and oxygen atoms in total. The van der Waals surface area contributed by atoms with Gasteiger partial charge in [0.1, 0.15) is 0 Å². The van der Waals surface area contributed by atoms with Crippen molar-refractivity contribution in [2.45, 2.75) is 50.6 Å². The van der Waals surface area contributed by atoms with Gasteiger partial charge in [0, 0.05) is 11.7 Å². The first-order valence-electron chi connectivity index (χ1n) is 9.48. The lowest BCUT2D eigenvalue weighted by Crippen LogP contribution is -2.28. The molecule has 1 heterocycles. The number of benzene rings is 2. The third kappa shape index (κ3) is 4.28. The number of hydrogen-bond donors (Lipinski definition) is 1. The van der Waals surface area contributed by atoms with Crippen molar-refractivity contribution in [1.29, 1.82) is 0 Å². The number of nitrogens with zero attached hydrogens (tertiary/aromatic N) is 2. The first-order valence-corrected chi connectivity index (χ1v) is 10.4. The summed E-state index contributed by atoms with van der Waals surface area (Å²) >= 11 is 1.30. The number of nitrogens with one attached hydrogen (secondary N) is 1. The Morgan fingerprint density at radius 3 is 2.43 bits per heavy atom. The minimum absolute atomic E-state index is 0.0519. The average molecular weight is 396 g/mol. The van der Waals surface area contributed by atoms with Crippen LogP contribution in [0.1, 0.15) is 39.3 Å². The van der Waals surface area contributed by atoms with Crippen LogP contribution in [-0.4, -0.2) is 20.7 Å². The molecule has 2 aromatic carbocycles. The molecule has 0 saturated heterocycles. The largest absolute Gasteiger partial charge is 0.325 e. The fraction of sp³-hybridized carbons (Fsp3) is 0.318. The zero-order chi connectivity index (χ0) is 20.3. The number of carbonyl (C=O) groups excluding carboxylic acids is 1. The van der Waals surface area contributed by atoms with E-state index in [4.69, 9.17) is 0 Å². The summed E-state index contributed by atoms with van der Waals surface area (Å²) in [5.41, 5.74) is 2.56. The van der Waals surface area contributed by atoms with Crippen molar-refractivity contribution in [1.82, 2.24) is 9.55 Å². The third-order valence-corrected chi connectivity index (χ3v) is 5.64. The standard InChI is InChI=1S/C22H25N3O2S/c1-5-16-10-12-17(13-11-16)23-20(26)15(4)28-22-24-19-9-7-6-8-18(19)21(27)25(22)14(2)3/h6-15H,5H2,1-4H3,(H,23,26)/t15-/m1/s1. The number of anilines is 1. The maximum Gasteiger partial charge on any atom is 0.262 e. The Bertz CT molecular complexity index is 1040. The fourth-order valence-electron chi connectivity index (χ4n) is 2.94. The van der Waals surface area contributed by atoms with E-state index in [9.17, 15) is 9.59 Å². The van der Waals surface area contributed by atoms with Crippen molar-refractivity contribution >= 4 is 34.3 Å². The number of fused-ring (bicyclic) bond motifs is 1. The van der Waals surface area contributed by atoms with Crippen molar-refractivity contribution < 1.29 is 4.79 Å². The van der Waals surface area contributed by atoms with Gasteiger partial charge in [-0.3, -0.25) is 14.2 Å². The molecule has 0 aliphatic rings. The van der Waals surface area contributed by atoms with Gasteiger partial charge < -0.3 is 5.32 Å². The van der Waals surface area contributed by atoms with E-state index in [-0.39, 0.29) is 17.5 Å². The van der Waals surface area contributed by atoms with Gasteiger partial charge >= 0.3 is 0 Å². The molecule has 0 radical (unpaired) electrons. The zero-order valence-electron chi connectivity index (χ0n) is 16.6. The maximum absolute atomic E-state index is 12.9. The Morgan fingerprint density at radius 2 is 1.79 bits per heavy atom. The summed E-state index contributed by atoms with van der Waals surface area (Å²) in [5.74, 6) is -0.119. The van der Waals surface area contributed by atoms with Crippen LogP contribution in [0.2, 0.25) is 0 Å². The van der Waals surface area contributed by atoms with E-state index in [1.807, 2.05) is 63.2 Å². The van der Waals surface area contributed by atoms with Crippen molar-refractivity contribution in [3.63, 3.8) is 0 Å². The van der Waals surface area contributed by atoms with E-state index >= 15 is 0 Å². The number of rotatable bonds is 6. The summed E-state index contributed by atoms with van der Waals surface area (Å²) < 4.78 is 1.66. The Balaban J connectivity index is 1.85. The van der Waals surface area contributed by atoms with Crippen LogP contribution in [0.15, 0.2) is 58.5 Å². The number of aryl methyl sites for hydroxylation is 1. The normalized spacial score (nSPS) is 12.3. The van der Waals surface area contributed by atoms with Crippen LogP contribution in [-0.2, 0) is 11.2 Å². The van der Waals surface area contributed by atoms with Gasteiger partial charge in [-0.25, -0.2) is 4.98 Å². The quantitative estimate of drug-likeness (QED) is 0.487. The van der Waals surface area contributed by atoms with Gasteiger partial charge in [0.25, 0.3) is 5.56 Å². The maximum atomic E-state index is 12.9. The van der Waals surface area contributed by atoms with Crippen LogP contribution in [0, 0.1) is 0 Å². The molecule has 0 fully saturated rings. The van der Waals surface area contributed by atoms with Gasteiger partial charge in [-0.1, -0.05) is 43.0 Å². The van der Waals surface area contributed by atoms with E-state index in [0.29, 0.717) is 16.1 Å². The lowest BCUT2D eigenvalue weighted by Gasteiger charge is -2.18. The second kappa shape index (κ2) is 8.61. The minimum atomic E-state index is -0.399. The van der Waals surface area contributed by atoms with E-state index < -0.39 is 5.25 Å². The Morgan fingerprint density at radius 1 is 1.11 bits per heavy atom. The highest BCUT2D eigenvalue weighted by molar-refractivity contribution is 8.00. The lowest BCUT2D eigenvalue weighted by molar-refractivity contribution is -0.115. The molecule has 0 bridgehead atoms. The van der Waals surface area contributed by atoms with E-state index in [2.05, 4.69) is 17.2 Å². The number of hydrogen-bond acceptors (Lipinski definition) is 4. The summed E-state index contributed by atoms with van der Waals surface area (Å²) in [6, 6.07) is 15.1. The number of amides is 1. The minimum Gasteiger partial charge on any atom is -0.325 e. The van der Waals surface area contributed by atoms with Crippen LogP contribution in [0.25, 0.3) is 10.9 Å². The molecule has 0 aliphatic heterocycles. The van der Waals surface area contributed by atoms with Crippen molar-refractivity contribution in [3.05, 3.63) is 64.4 Å². The van der Waals surface area contributed by atoms with Crippen LogP contribution in [0.5, 0.6) is 0 Å². The number of para-hydroxylation sites is 1. The molecule has 1 aromatic heterocycles. The monoisotopic (exact) mass is 395 g/mol. The average Bonchev–Trinajstić information content (AvgIpc) is 2.68. The van der Waals surface area contributed by atoms with Crippen molar-refractivity contribution in [2.24, 2.45) is 0 Å². The lowest BCUT2D eigenvalue weighted by atomic mass is 10.1. The summed E-state index contributed by atoms with van der Waals surface area (Å²) in [6.45, 7) is 7.81. The summed E-state index contributed by atoms with van der Waals surface area (Å²) in [5, 5.41) is 3.69. The molecule has 1 amide bonds. The molecule has 0 aliphatic carbocycles.